The summed E-state index contributed by atoms with van der Waals surface area (Å²) in [7, 11) is 0. The summed E-state index contributed by atoms with van der Waals surface area (Å²) in [5.74, 6) is 0.868. The summed E-state index contributed by atoms with van der Waals surface area (Å²) in [6.45, 7) is 7.04. The first-order valence-corrected chi connectivity index (χ1v) is 8.36. The first-order valence-electron chi connectivity index (χ1n) is 8.36. The van der Waals surface area contributed by atoms with Gasteiger partial charge in [-0.1, -0.05) is 12.8 Å². The van der Waals surface area contributed by atoms with Crippen molar-refractivity contribution in [1.29, 1.82) is 0 Å². The minimum Gasteiger partial charge on any atom is -0.382 e. The van der Waals surface area contributed by atoms with E-state index in [2.05, 4.69) is 42.3 Å². The van der Waals surface area contributed by atoms with Gasteiger partial charge in [-0.3, -0.25) is 0 Å². The number of benzene rings is 1. The van der Waals surface area contributed by atoms with E-state index in [9.17, 15) is 0 Å². The van der Waals surface area contributed by atoms with Gasteiger partial charge in [0, 0.05) is 30.5 Å². The van der Waals surface area contributed by atoms with Crippen LogP contribution in [0.5, 0.6) is 0 Å². The molecule has 0 spiro atoms. The molecule has 2 fully saturated rings. The van der Waals surface area contributed by atoms with Crippen molar-refractivity contribution >= 4 is 11.4 Å². The second kappa shape index (κ2) is 6.07. The summed E-state index contributed by atoms with van der Waals surface area (Å²) in [4.78, 5) is 2.51. The van der Waals surface area contributed by atoms with E-state index >= 15 is 0 Å². The number of aryl methyl sites for hydroxylation is 1. The van der Waals surface area contributed by atoms with Crippen LogP contribution >= 0.6 is 0 Å². The van der Waals surface area contributed by atoms with E-state index in [1.165, 1.54) is 68.6 Å². The van der Waals surface area contributed by atoms with Crippen LogP contribution in [-0.4, -0.2) is 19.1 Å². The maximum absolute atomic E-state index is 3.75. The average molecular weight is 272 g/mol. The van der Waals surface area contributed by atoms with Crippen LogP contribution in [0.15, 0.2) is 18.2 Å². The van der Waals surface area contributed by atoms with Gasteiger partial charge in [0.2, 0.25) is 0 Å². The molecule has 3 rings (SSSR count). The Morgan fingerprint density at radius 2 is 1.80 bits per heavy atom. The Kier molecular flexibility index (Phi) is 4.18. The summed E-state index contributed by atoms with van der Waals surface area (Å²) >= 11 is 0. The molecule has 1 saturated heterocycles. The lowest BCUT2D eigenvalue weighted by Gasteiger charge is -2.24. The Labute approximate surface area is 123 Å². The van der Waals surface area contributed by atoms with Crippen molar-refractivity contribution in [2.45, 2.75) is 58.4 Å². The third kappa shape index (κ3) is 2.94. The highest BCUT2D eigenvalue weighted by atomic mass is 15.1. The molecule has 1 aromatic carbocycles. The van der Waals surface area contributed by atoms with E-state index in [0.29, 0.717) is 6.04 Å². The van der Waals surface area contributed by atoms with E-state index in [0.717, 1.165) is 5.92 Å². The Bertz CT molecular complexity index is 443. The van der Waals surface area contributed by atoms with Gasteiger partial charge in [-0.05, 0) is 69.2 Å². The van der Waals surface area contributed by atoms with Crippen molar-refractivity contribution < 1.29 is 0 Å². The fraction of sp³-hybridized carbons (Fsp3) is 0.667. The largest absolute Gasteiger partial charge is 0.382 e. The third-order valence-corrected chi connectivity index (χ3v) is 5.17. The molecule has 1 aliphatic heterocycles. The number of hydrogen-bond donors (Lipinski definition) is 1. The van der Waals surface area contributed by atoms with Gasteiger partial charge < -0.3 is 10.2 Å². The molecular formula is C18H28N2. The van der Waals surface area contributed by atoms with Crippen LogP contribution in [0, 0.1) is 12.8 Å². The second-order valence-corrected chi connectivity index (χ2v) is 6.67. The van der Waals surface area contributed by atoms with Crippen molar-refractivity contribution in [2.24, 2.45) is 5.92 Å². The molecule has 0 radical (unpaired) electrons. The molecule has 1 saturated carbocycles. The van der Waals surface area contributed by atoms with E-state index < -0.39 is 0 Å². The number of anilines is 2. The summed E-state index contributed by atoms with van der Waals surface area (Å²) in [5.41, 5.74) is 4.12. The normalized spacial score (nSPS) is 21.4. The monoisotopic (exact) mass is 272 g/mol. The van der Waals surface area contributed by atoms with Crippen LogP contribution in [0.25, 0.3) is 0 Å². The molecule has 20 heavy (non-hydrogen) atoms. The number of nitrogens with one attached hydrogen (secondary N) is 1. The molecule has 2 heteroatoms. The van der Waals surface area contributed by atoms with Gasteiger partial charge >= 0.3 is 0 Å². The van der Waals surface area contributed by atoms with Crippen LogP contribution in [-0.2, 0) is 0 Å². The van der Waals surface area contributed by atoms with E-state index in [1.807, 2.05) is 0 Å². The molecule has 110 valence electrons. The Balaban J connectivity index is 1.67. The SMILES string of the molecule is Cc1cc(N2CCCC2)ccc1NC(C)C1CCCC1. The molecule has 1 heterocycles. The first kappa shape index (κ1) is 13.8. The Morgan fingerprint density at radius 1 is 1.10 bits per heavy atom. The number of rotatable bonds is 4. The van der Waals surface area contributed by atoms with E-state index in [4.69, 9.17) is 0 Å². The van der Waals surface area contributed by atoms with Gasteiger partial charge in [0.25, 0.3) is 0 Å². The predicted molar refractivity (Wildman–Crippen MR) is 87.7 cm³/mol. The summed E-state index contributed by atoms with van der Waals surface area (Å²) in [6, 6.07) is 7.54. The fourth-order valence-corrected chi connectivity index (χ4v) is 3.80. The number of nitrogens with zero attached hydrogens (tertiary/aromatic N) is 1. The highest BCUT2D eigenvalue weighted by Crippen LogP contribution is 2.31. The quantitative estimate of drug-likeness (QED) is 0.862. The average Bonchev–Trinajstić information content (AvgIpc) is 3.14. The Hall–Kier alpha value is -1.18. The van der Waals surface area contributed by atoms with Crippen LogP contribution in [0.2, 0.25) is 0 Å². The maximum atomic E-state index is 3.75. The van der Waals surface area contributed by atoms with Crippen molar-refractivity contribution in [1.82, 2.24) is 0 Å². The summed E-state index contributed by atoms with van der Waals surface area (Å²) in [5, 5.41) is 3.75. The maximum Gasteiger partial charge on any atom is 0.0373 e. The Morgan fingerprint density at radius 3 is 2.45 bits per heavy atom. The molecule has 0 bridgehead atoms. The standard InChI is InChI=1S/C18H28N2/c1-14-13-17(20-11-5-6-12-20)9-10-18(14)19-15(2)16-7-3-4-8-16/h9-10,13,15-16,19H,3-8,11-12H2,1-2H3. The van der Waals surface area contributed by atoms with Gasteiger partial charge in [-0.15, -0.1) is 0 Å². The number of hydrogen-bond acceptors (Lipinski definition) is 2. The lowest BCUT2D eigenvalue weighted by atomic mass is 9.99. The van der Waals surface area contributed by atoms with Crippen LogP contribution in [0.1, 0.15) is 51.0 Å². The zero-order valence-corrected chi connectivity index (χ0v) is 13.0. The van der Waals surface area contributed by atoms with Crippen molar-refractivity contribution in [3.8, 4) is 0 Å². The molecule has 1 aromatic rings. The van der Waals surface area contributed by atoms with E-state index in [-0.39, 0.29) is 0 Å². The van der Waals surface area contributed by atoms with Crippen LogP contribution < -0.4 is 10.2 Å². The first-order chi connectivity index (χ1) is 9.74. The van der Waals surface area contributed by atoms with Crippen LogP contribution in [0.4, 0.5) is 11.4 Å². The lowest BCUT2D eigenvalue weighted by molar-refractivity contribution is 0.482. The van der Waals surface area contributed by atoms with Crippen molar-refractivity contribution in [3.05, 3.63) is 23.8 Å². The molecular weight excluding hydrogens is 244 g/mol. The second-order valence-electron chi connectivity index (χ2n) is 6.67. The van der Waals surface area contributed by atoms with Gasteiger partial charge in [-0.2, -0.15) is 0 Å². The molecule has 1 N–H and O–H groups in total. The van der Waals surface area contributed by atoms with E-state index in [1.54, 1.807) is 0 Å². The smallest absolute Gasteiger partial charge is 0.0373 e. The molecule has 2 nitrogen and oxygen atoms in total. The van der Waals surface area contributed by atoms with Gasteiger partial charge in [0.1, 0.15) is 0 Å². The highest BCUT2D eigenvalue weighted by Gasteiger charge is 2.21. The fourth-order valence-electron chi connectivity index (χ4n) is 3.80. The minimum absolute atomic E-state index is 0.605. The van der Waals surface area contributed by atoms with Gasteiger partial charge in [0.15, 0.2) is 0 Å². The molecule has 0 aromatic heterocycles. The van der Waals surface area contributed by atoms with Gasteiger partial charge in [-0.25, -0.2) is 0 Å². The molecule has 1 unspecified atom stereocenters. The zero-order chi connectivity index (χ0) is 13.9. The predicted octanol–water partition coefficient (Wildman–Crippen LogP) is 4.59. The molecule has 1 aliphatic carbocycles. The molecule has 1 atom stereocenters. The summed E-state index contributed by atoms with van der Waals surface area (Å²) < 4.78 is 0. The zero-order valence-electron chi connectivity index (χ0n) is 13.0. The third-order valence-electron chi connectivity index (χ3n) is 5.17. The summed E-state index contributed by atoms with van der Waals surface area (Å²) in [6.07, 6.45) is 8.33. The van der Waals surface area contributed by atoms with Crippen molar-refractivity contribution in [3.63, 3.8) is 0 Å². The topological polar surface area (TPSA) is 15.3 Å². The molecule has 2 aliphatic rings. The highest BCUT2D eigenvalue weighted by molar-refractivity contribution is 5.60. The molecule has 0 amide bonds. The lowest BCUT2D eigenvalue weighted by Crippen LogP contribution is -2.24. The van der Waals surface area contributed by atoms with Gasteiger partial charge in [0.05, 0.1) is 0 Å². The van der Waals surface area contributed by atoms with Crippen LogP contribution in [0.3, 0.4) is 0 Å². The minimum atomic E-state index is 0.605. The van der Waals surface area contributed by atoms with Crippen molar-refractivity contribution in [2.75, 3.05) is 23.3 Å².